The lowest BCUT2D eigenvalue weighted by molar-refractivity contribution is -0.137. The van der Waals surface area contributed by atoms with Crippen molar-refractivity contribution >= 4 is 23.5 Å². The van der Waals surface area contributed by atoms with E-state index in [0.29, 0.717) is 13.0 Å². The quantitative estimate of drug-likeness (QED) is 0.590. The molecule has 21 heavy (non-hydrogen) atoms. The van der Waals surface area contributed by atoms with Gasteiger partial charge in [-0.25, -0.2) is 0 Å². The normalized spacial score (nSPS) is 16.3. The van der Waals surface area contributed by atoms with Crippen LogP contribution in [-0.2, 0) is 20.8 Å². The van der Waals surface area contributed by atoms with Gasteiger partial charge in [0.2, 0.25) is 11.8 Å². The molecule has 0 bridgehead atoms. The molecular weight excluding hydrogens is 274 g/mol. The molecule has 0 fully saturated rings. The Morgan fingerprint density at radius 1 is 1.19 bits per heavy atom. The minimum Gasteiger partial charge on any atom is -0.480 e. The Balaban J connectivity index is 1.80. The van der Waals surface area contributed by atoms with Crippen LogP contribution in [0.5, 0.6) is 0 Å². The van der Waals surface area contributed by atoms with Crippen molar-refractivity contribution in [2.45, 2.75) is 6.42 Å². The highest BCUT2D eigenvalue weighted by molar-refractivity contribution is 5.88. The Morgan fingerprint density at radius 2 is 1.95 bits per heavy atom. The van der Waals surface area contributed by atoms with Crippen LogP contribution >= 0.6 is 0 Å². The first-order valence-electron chi connectivity index (χ1n) is 6.64. The summed E-state index contributed by atoms with van der Waals surface area (Å²) in [6.07, 6.45) is 0.617. The molecule has 2 amide bonds. The number of carbonyl (C=O) groups is 3. The third kappa shape index (κ3) is 4.20. The van der Waals surface area contributed by atoms with E-state index in [-0.39, 0.29) is 18.4 Å². The number of nitrogens with one attached hydrogen (secondary N) is 3. The summed E-state index contributed by atoms with van der Waals surface area (Å²) >= 11 is 0. The van der Waals surface area contributed by atoms with Crippen LogP contribution in [0.2, 0.25) is 0 Å². The number of carbonyl (C=O) groups excluding carboxylic acids is 2. The van der Waals surface area contributed by atoms with Crippen LogP contribution in [-0.4, -0.2) is 42.5 Å². The molecular formula is C14H17N3O4. The highest BCUT2D eigenvalue weighted by Gasteiger charge is 2.24. The zero-order chi connectivity index (χ0) is 15.2. The van der Waals surface area contributed by atoms with E-state index >= 15 is 0 Å². The van der Waals surface area contributed by atoms with Gasteiger partial charge in [0, 0.05) is 12.2 Å². The number of amides is 2. The number of rotatable bonds is 5. The van der Waals surface area contributed by atoms with Crippen molar-refractivity contribution in [3.63, 3.8) is 0 Å². The van der Waals surface area contributed by atoms with Gasteiger partial charge in [0.05, 0.1) is 12.5 Å². The zero-order valence-electron chi connectivity index (χ0n) is 11.4. The van der Waals surface area contributed by atoms with Gasteiger partial charge in [-0.2, -0.15) is 0 Å². The maximum absolute atomic E-state index is 12.0. The lowest BCUT2D eigenvalue weighted by Crippen LogP contribution is -2.43. The molecule has 0 aliphatic carbocycles. The SMILES string of the molecule is O=C(O)CNC(=O)CNC(=O)C1CNc2ccccc2C1. The second kappa shape index (κ2) is 6.74. The van der Waals surface area contributed by atoms with E-state index in [0.717, 1.165) is 11.3 Å². The number of benzene rings is 1. The molecule has 2 rings (SSSR count). The van der Waals surface area contributed by atoms with Gasteiger partial charge < -0.3 is 21.1 Å². The van der Waals surface area contributed by atoms with Crippen molar-refractivity contribution in [3.8, 4) is 0 Å². The molecule has 4 N–H and O–H groups in total. The van der Waals surface area contributed by atoms with Crippen molar-refractivity contribution < 1.29 is 19.5 Å². The highest BCUT2D eigenvalue weighted by Crippen LogP contribution is 2.24. The van der Waals surface area contributed by atoms with E-state index in [1.807, 2.05) is 24.3 Å². The molecule has 0 saturated heterocycles. The summed E-state index contributed by atoms with van der Waals surface area (Å²) in [6, 6.07) is 7.77. The summed E-state index contributed by atoms with van der Waals surface area (Å²) in [5.74, 6) is -2.10. The van der Waals surface area contributed by atoms with E-state index < -0.39 is 18.4 Å². The van der Waals surface area contributed by atoms with Crippen LogP contribution in [0.4, 0.5) is 5.69 Å². The van der Waals surface area contributed by atoms with Gasteiger partial charge in [0.1, 0.15) is 6.54 Å². The second-order valence-corrected chi connectivity index (χ2v) is 4.83. The van der Waals surface area contributed by atoms with E-state index in [2.05, 4.69) is 16.0 Å². The van der Waals surface area contributed by atoms with Crippen molar-refractivity contribution in [1.82, 2.24) is 10.6 Å². The van der Waals surface area contributed by atoms with E-state index in [4.69, 9.17) is 5.11 Å². The molecule has 1 aromatic rings. The van der Waals surface area contributed by atoms with Crippen LogP contribution in [0, 0.1) is 5.92 Å². The van der Waals surface area contributed by atoms with Gasteiger partial charge in [-0.1, -0.05) is 18.2 Å². The topological polar surface area (TPSA) is 108 Å². The molecule has 0 radical (unpaired) electrons. The second-order valence-electron chi connectivity index (χ2n) is 4.83. The van der Waals surface area contributed by atoms with Gasteiger partial charge in [0.15, 0.2) is 0 Å². The largest absolute Gasteiger partial charge is 0.480 e. The highest BCUT2D eigenvalue weighted by atomic mass is 16.4. The van der Waals surface area contributed by atoms with Crippen molar-refractivity contribution in [3.05, 3.63) is 29.8 Å². The summed E-state index contributed by atoms with van der Waals surface area (Å²) in [4.78, 5) is 33.6. The third-order valence-corrected chi connectivity index (χ3v) is 3.25. The van der Waals surface area contributed by atoms with Crippen LogP contribution in [0.25, 0.3) is 0 Å². The Bertz CT molecular complexity index is 559. The van der Waals surface area contributed by atoms with Crippen molar-refractivity contribution in [1.29, 1.82) is 0 Å². The average molecular weight is 291 g/mol. The predicted molar refractivity (Wildman–Crippen MR) is 75.8 cm³/mol. The lowest BCUT2D eigenvalue weighted by atomic mass is 9.93. The number of aliphatic carboxylic acids is 1. The number of hydrogen-bond acceptors (Lipinski definition) is 4. The smallest absolute Gasteiger partial charge is 0.322 e. The summed E-state index contributed by atoms with van der Waals surface area (Å²) in [6.45, 7) is -0.156. The number of carboxylic acids is 1. The standard InChI is InChI=1S/C14H17N3O4/c18-12(16-8-13(19)20)7-17-14(21)10-5-9-3-1-2-4-11(9)15-6-10/h1-4,10,15H,5-8H2,(H,16,18)(H,17,21)(H,19,20). The minimum atomic E-state index is -1.12. The average Bonchev–Trinajstić information content (AvgIpc) is 2.50. The summed E-state index contributed by atoms with van der Waals surface area (Å²) in [5, 5.41) is 16.3. The number of fused-ring (bicyclic) bond motifs is 1. The van der Waals surface area contributed by atoms with E-state index in [9.17, 15) is 14.4 Å². The first-order chi connectivity index (χ1) is 10.1. The maximum atomic E-state index is 12.0. The van der Waals surface area contributed by atoms with Crippen LogP contribution in [0.1, 0.15) is 5.56 Å². The first kappa shape index (κ1) is 14.8. The minimum absolute atomic E-state index is 0.218. The predicted octanol–water partition coefficient (Wildman–Crippen LogP) is -0.412. The van der Waals surface area contributed by atoms with Gasteiger partial charge in [-0.05, 0) is 18.1 Å². The summed E-state index contributed by atoms with van der Waals surface area (Å²) < 4.78 is 0. The Kier molecular flexibility index (Phi) is 4.76. The summed E-state index contributed by atoms with van der Waals surface area (Å²) in [7, 11) is 0. The van der Waals surface area contributed by atoms with Gasteiger partial charge >= 0.3 is 5.97 Å². The van der Waals surface area contributed by atoms with Gasteiger partial charge in [-0.15, -0.1) is 0 Å². The third-order valence-electron chi connectivity index (χ3n) is 3.25. The Morgan fingerprint density at radius 3 is 2.71 bits per heavy atom. The zero-order valence-corrected chi connectivity index (χ0v) is 11.4. The Labute approximate surface area is 121 Å². The molecule has 0 aromatic heterocycles. The molecule has 1 unspecified atom stereocenters. The first-order valence-corrected chi connectivity index (χ1v) is 6.64. The molecule has 0 spiro atoms. The summed E-state index contributed by atoms with van der Waals surface area (Å²) in [5.41, 5.74) is 2.10. The van der Waals surface area contributed by atoms with Crippen LogP contribution < -0.4 is 16.0 Å². The fraction of sp³-hybridized carbons (Fsp3) is 0.357. The molecule has 1 aromatic carbocycles. The maximum Gasteiger partial charge on any atom is 0.322 e. The molecule has 0 saturated carbocycles. The molecule has 1 atom stereocenters. The molecule has 112 valence electrons. The van der Waals surface area contributed by atoms with E-state index in [1.165, 1.54) is 0 Å². The lowest BCUT2D eigenvalue weighted by Gasteiger charge is -2.25. The number of para-hydroxylation sites is 1. The van der Waals surface area contributed by atoms with Crippen molar-refractivity contribution in [2.75, 3.05) is 25.0 Å². The van der Waals surface area contributed by atoms with Gasteiger partial charge in [-0.3, -0.25) is 14.4 Å². The Hall–Kier alpha value is -2.57. The van der Waals surface area contributed by atoms with E-state index in [1.54, 1.807) is 0 Å². The number of anilines is 1. The van der Waals surface area contributed by atoms with Crippen LogP contribution in [0.3, 0.4) is 0 Å². The molecule has 1 aliphatic rings. The number of carboxylic acid groups (broad SMARTS) is 1. The fourth-order valence-corrected chi connectivity index (χ4v) is 2.18. The monoisotopic (exact) mass is 291 g/mol. The van der Waals surface area contributed by atoms with Gasteiger partial charge in [0.25, 0.3) is 0 Å². The number of hydrogen-bond donors (Lipinski definition) is 4. The molecule has 1 heterocycles. The molecule has 7 heteroatoms. The van der Waals surface area contributed by atoms with Crippen molar-refractivity contribution in [2.24, 2.45) is 5.92 Å². The molecule has 1 aliphatic heterocycles. The molecule has 7 nitrogen and oxygen atoms in total. The van der Waals surface area contributed by atoms with Crippen LogP contribution in [0.15, 0.2) is 24.3 Å². The fourth-order valence-electron chi connectivity index (χ4n) is 2.18.